The van der Waals surface area contributed by atoms with Gasteiger partial charge in [-0.15, -0.1) is 0 Å². The molecular weight excluding hydrogens is 428 g/mol. The van der Waals surface area contributed by atoms with E-state index in [-0.39, 0.29) is 18.1 Å². The maximum absolute atomic E-state index is 12.9. The highest BCUT2D eigenvalue weighted by molar-refractivity contribution is 6.31. The number of imide groups is 1. The molecule has 1 aliphatic rings. The smallest absolute Gasteiger partial charge is 0.303 e. The number of rotatable bonds is 5. The summed E-state index contributed by atoms with van der Waals surface area (Å²) in [6, 6.07) is 17.3. The number of nitrogens with zero attached hydrogens (tertiary/aromatic N) is 2. The minimum atomic E-state index is -0.507. The first-order valence-electron chi connectivity index (χ1n) is 9.98. The molecule has 1 saturated heterocycles. The van der Waals surface area contributed by atoms with Crippen molar-refractivity contribution in [2.45, 2.75) is 20.4 Å². The topological polar surface area (TPSA) is 83.4 Å². The van der Waals surface area contributed by atoms with Gasteiger partial charge in [-0.1, -0.05) is 48.0 Å². The first-order valence-corrected chi connectivity index (χ1v) is 10.4. The molecular formula is C24H21ClN4O3. The van der Waals surface area contributed by atoms with E-state index in [0.29, 0.717) is 21.7 Å². The number of amides is 4. The average Bonchev–Trinajstić information content (AvgIpc) is 3.20. The van der Waals surface area contributed by atoms with Crippen LogP contribution < -0.4 is 10.7 Å². The Labute approximate surface area is 190 Å². The van der Waals surface area contributed by atoms with Gasteiger partial charge in [-0.2, -0.15) is 0 Å². The molecule has 32 heavy (non-hydrogen) atoms. The molecule has 2 aromatic carbocycles. The van der Waals surface area contributed by atoms with E-state index in [1.807, 2.05) is 26.0 Å². The molecule has 2 heterocycles. The number of urea groups is 1. The van der Waals surface area contributed by atoms with Crippen LogP contribution in [-0.4, -0.2) is 27.4 Å². The van der Waals surface area contributed by atoms with Gasteiger partial charge in [0, 0.05) is 22.0 Å². The molecule has 8 heteroatoms. The van der Waals surface area contributed by atoms with Gasteiger partial charge in [0.05, 0.1) is 6.54 Å². The maximum atomic E-state index is 12.9. The maximum Gasteiger partial charge on any atom is 0.329 e. The Hall–Kier alpha value is -3.84. The first-order chi connectivity index (χ1) is 15.3. The van der Waals surface area contributed by atoms with Gasteiger partial charge in [0.1, 0.15) is 5.70 Å². The molecule has 7 nitrogen and oxygen atoms in total. The Balaban J connectivity index is 1.56. The van der Waals surface area contributed by atoms with Crippen LogP contribution in [0.15, 0.2) is 66.4 Å². The number of hydrogen-bond acceptors (Lipinski definition) is 3. The zero-order valence-corrected chi connectivity index (χ0v) is 18.3. The molecule has 0 unspecified atom stereocenters. The van der Waals surface area contributed by atoms with Gasteiger partial charge in [-0.25, -0.2) is 4.79 Å². The predicted octanol–water partition coefficient (Wildman–Crippen LogP) is 4.24. The number of benzene rings is 2. The van der Waals surface area contributed by atoms with Crippen LogP contribution in [0.4, 0.5) is 4.79 Å². The Morgan fingerprint density at radius 1 is 1.06 bits per heavy atom. The Morgan fingerprint density at radius 3 is 2.47 bits per heavy atom. The van der Waals surface area contributed by atoms with Gasteiger partial charge in [0.2, 0.25) is 0 Å². The second kappa shape index (κ2) is 8.72. The lowest BCUT2D eigenvalue weighted by atomic mass is 10.2. The van der Waals surface area contributed by atoms with Crippen LogP contribution in [0.1, 0.15) is 32.9 Å². The van der Waals surface area contributed by atoms with Crippen LogP contribution in [0.25, 0.3) is 6.08 Å². The molecule has 4 rings (SSSR count). The monoisotopic (exact) mass is 448 g/mol. The molecule has 3 aromatic rings. The van der Waals surface area contributed by atoms with Crippen molar-refractivity contribution in [3.05, 3.63) is 99.5 Å². The number of hydrogen-bond donors (Lipinski definition) is 2. The van der Waals surface area contributed by atoms with Gasteiger partial charge >= 0.3 is 6.03 Å². The largest absolute Gasteiger partial charge is 0.329 e. The van der Waals surface area contributed by atoms with Crippen LogP contribution >= 0.6 is 11.6 Å². The number of aromatic nitrogens is 1. The lowest BCUT2D eigenvalue weighted by Crippen LogP contribution is -2.30. The zero-order valence-electron chi connectivity index (χ0n) is 17.6. The van der Waals surface area contributed by atoms with Crippen molar-refractivity contribution in [1.82, 2.24) is 14.9 Å². The summed E-state index contributed by atoms with van der Waals surface area (Å²) in [4.78, 5) is 38.9. The van der Waals surface area contributed by atoms with Crippen LogP contribution in [0, 0.1) is 13.8 Å². The highest BCUT2D eigenvalue weighted by Crippen LogP contribution is 2.23. The molecule has 1 aromatic heterocycles. The molecule has 0 saturated carbocycles. The van der Waals surface area contributed by atoms with Crippen LogP contribution in [0.3, 0.4) is 0 Å². The van der Waals surface area contributed by atoms with Crippen LogP contribution in [0.5, 0.6) is 0 Å². The van der Waals surface area contributed by atoms with Crippen LogP contribution in [0.2, 0.25) is 5.02 Å². The van der Waals surface area contributed by atoms with E-state index in [0.717, 1.165) is 16.3 Å². The number of halogens is 1. The molecule has 162 valence electrons. The lowest BCUT2D eigenvalue weighted by Gasteiger charge is -2.12. The highest BCUT2D eigenvalue weighted by Gasteiger charge is 2.34. The second-order valence-corrected chi connectivity index (χ2v) is 7.85. The fourth-order valence-corrected chi connectivity index (χ4v) is 3.72. The molecule has 4 amide bonds. The second-order valence-electron chi connectivity index (χ2n) is 7.44. The summed E-state index contributed by atoms with van der Waals surface area (Å²) in [5.74, 6) is -0.684. The van der Waals surface area contributed by atoms with Crippen molar-refractivity contribution in [2.24, 2.45) is 0 Å². The predicted molar refractivity (Wildman–Crippen MR) is 123 cm³/mol. The summed E-state index contributed by atoms with van der Waals surface area (Å²) >= 11 is 6.17. The number of nitrogens with one attached hydrogen (secondary N) is 2. The average molecular weight is 449 g/mol. The lowest BCUT2D eigenvalue weighted by molar-refractivity contribution is -0.123. The minimum Gasteiger partial charge on any atom is -0.303 e. The fourth-order valence-electron chi connectivity index (χ4n) is 3.53. The molecule has 0 radical (unpaired) electrons. The Kier molecular flexibility index (Phi) is 5.83. The van der Waals surface area contributed by atoms with E-state index in [9.17, 15) is 14.4 Å². The van der Waals surface area contributed by atoms with E-state index in [2.05, 4.69) is 10.7 Å². The third kappa shape index (κ3) is 4.15. The zero-order chi connectivity index (χ0) is 22.8. The SMILES string of the molecule is Cc1cc(/C=C2\NC(=O)N(Cc3ccccc3Cl)C2=O)c(C)n1NC(=O)c1ccccc1. The van der Waals surface area contributed by atoms with E-state index >= 15 is 0 Å². The Bertz CT molecular complexity index is 1250. The number of carbonyl (C=O) groups is 3. The number of aryl methyl sites for hydroxylation is 1. The van der Waals surface area contributed by atoms with Gasteiger partial charge in [0.15, 0.2) is 0 Å². The summed E-state index contributed by atoms with van der Waals surface area (Å²) in [5.41, 5.74) is 6.46. The van der Waals surface area contributed by atoms with Crippen molar-refractivity contribution in [1.29, 1.82) is 0 Å². The normalized spacial score (nSPS) is 14.7. The minimum absolute atomic E-state index is 0.0772. The van der Waals surface area contributed by atoms with E-state index < -0.39 is 11.9 Å². The first kappa shape index (κ1) is 21.4. The standard InChI is InChI=1S/C24H21ClN4O3/c1-15-12-19(16(2)29(15)27-22(30)17-8-4-3-5-9-17)13-21-23(31)28(24(32)26-21)14-18-10-6-7-11-20(18)25/h3-13H,14H2,1-2H3,(H,26,32)(H,27,30)/b21-13-. The molecule has 2 N–H and O–H groups in total. The van der Waals surface area contributed by atoms with Crippen LogP contribution in [-0.2, 0) is 11.3 Å². The summed E-state index contributed by atoms with van der Waals surface area (Å²) < 4.78 is 1.66. The van der Waals surface area contributed by atoms with Crippen molar-refractivity contribution in [2.75, 3.05) is 5.43 Å². The van der Waals surface area contributed by atoms with Crippen molar-refractivity contribution in [3.63, 3.8) is 0 Å². The molecule has 0 spiro atoms. The molecule has 0 bridgehead atoms. The van der Waals surface area contributed by atoms with Crippen molar-refractivity contribution < 1.29 is 14.4 Å². The van der Waals surface area contributed by atoms with Gasteiger partial charge in [0.25, 0.3) is 11.8 Å². The van der Waals surface area contributed by atoms with E-state index in [1.54, 1.807) is 59.3 Å². The summed E-state index contributed by atoms with van der Waals surface area (Å²) in [7, 11) is 0. The summed E-state index contributed by atoms with van der Waals surface area (Å²) in [6.07, 6.45) is 1.61. The van der Waals surface area contributed by atoms with Gasteiger partial charge < -0.3 is 5.32 Å². The van der Waals surface area contributed by atoms with E-state index in [1.165, 1.54) is 0 Å². The van der Waals surface area contributed by atoms with Gasteiger partial charge in [-0.3, -0.25) is 24.6 Å². The van der Waals surface area contributed by atoms with Crippen molar-refractivity contribution >= 4 is 35.5 Å². The Morgan fingerprint density at radius 2 is 1.75 bits per heavy atom. The third-order valence-corrected chi connectivity index (χ3v) is 5.64. The highest BCUT2D eigenvalue weighted by atomic mass is 35.5. The van der Waals surface area contributed by atoms with Crippen molar-refractivity contribution in [3.8, 4) is 0 Å². The van der Waals surface area contributed by atoms with E-state index in [4.69, 9.17) is 11.6 Å². The molecule has 1 fully saturated rings. The molecule has 1 aliphatic heterocycles. The molecule has 0 atom stereocenters. The number of carbonyl (C=O) groups excluding carboxylic acids is 3. The summed E-state index contributed by atoms with van der Waals surface area (Å²) in [5, 5.41) is 3.11. The van der Waals surface area contributed by atoms with Gasteiger partial charge in [-0.05, 0) is 55.3 Å². The molecule has 0 aliphatic carbocycles. The third-order valence-electron chi connectivity index (χ3n) is 5.27. The fraction of sp³-hybridized carbons (Fsp3) is 0.125. The quantitative estimate of drug-likeness (QED) is 0.452. The summed E-state index contributed by atoms with van der Waals surface area (Å²) in [6.45, 7) is 3.75.